The topological polar surface area (TPSA) is 44.8 Å². The van der Waals surface area contributed by atoms with Crippen molar-refractivity contribution in [3.05, 3.63) is 0 Å². The summed E-state index contributed by atoms with van der Waals surface area (Å²) < 4.78 is 5.62. The van der Waals surface area contributed by atoms with Gasteiger partial charge < -0.3 is 19.9 Å². The molecule has 0 aromatic rings. The van der Waals surface area contributed by atoms with Crippen molar-refractivity contribution in [3.63, 3.8) is 0 Å². The van der Waals surface area contributed by atoms with Crippen LogP contribution >= 0.6 is 0 Å². The van der Waals surface area contributed by atoms with E-state index in [0.29, 0.717) is 12.1 Å². The second-order valence-electron chi connectivity index (χ2n) is 7.84. The van der Waals surface area contributed by atoms with Crippen LogP contribution < -0.4 is 5.32 Å². The Kier molecular flexibility index (Phi) is 5.81. The molecule has 0 aromatic heterocycles. The van der Waals surface area contributed by atoms with Gasteiger partial charge in [-0.1, -0.05) is 6.42 Å². The minimum Gasteiger partial charge on any atom is -0.377 e. The van der Waals surface area contributed by atoms with E-state index in [4.69, 9.17) is 4.74 Å². The maximum absolute atomic E-state index is 12.5. The molecule has 2 aliphatic heterocycles. The van der Waals surface area contributed by atoms with Gasteiger partial charge in [0.2, 0.25) is 0 Å². The zero-order valence-corrected chi connectivity index (χ0v) is 14.8. The van der Waals surface area contributed by atoms with E-state index in [2.05, 4.69) is 29.0 Å². The maximum atomic E-state index is 12.5. The van der Waals surface area contributed by atoms with Crippen LogP contribution in [0, 0.1) is 11.8 Å². The highest BCUT2D eigenvalue weighted by molar-refractivity contribution is 5.75. The van der Waals surface area contributed by atoms with Crippen LogP contribution in [0.3, 0.4) is 0 Å². The first-order chi connectivity index (χ1) is 11.1. The van der Waals surface area contributed by atoms with Crippen LogP contribution in [0.1, 0.15) is 46.0 Å². The van der Waals surface area contributed by atoms with Gasteiger partial charge in [0.25, 0.3) is 0 Å². The summed E-state index contributed by atoms with van der Waals surface area (Å²) in [5.74, 6) is 1.56. The Hall–Kier alpha value is -0.810. The number of hydrogen-bond acceptors (Lipinski definition) is 3. The van der Waals surface area contributed by atoms with Crippen molar-refractivity contribution in [2.24, 2.45) is 11.8 Å². The molecule has 3 rings (SSSR count). The van der Waals surface area contributed by atoms with Gasteiger partial charge in [-0.3, -0.25) is 0 Å². The molecule has 2 saturated heterocycles. The second kappa shape index (κ2) is 7.84. The molecule has 132 valence electrons. The number of piperidine rings is 1. The van der Waals surface area contributed by atoms with Crippen LogP contribution in [-0.4, -0.2) is 67.3 Å². The molecule has 2 amide bonds. The maximum Gasteiger partial charge on any atom is 0.317 e. The van der Waals surface area contributed by atoms with Gasteiger partial charge in [-0.25, -0.2) is 4.79 Å². The Balaban J connectivity index is 1.33. The van der Waals surface area contributed by atoms with Gasteiger partial charge >= 0.3 is 6.03 Å². The summed E-state index contributed by atoms with van der Waals surface area (Å²) in [6.45, 7) is 10.1. The average Bonchev–Trinajstić information content (AvgIpc) is 3.10. The Morgan fingerprint density at radius 1 is 1.13 bits per heavy atom. The number of hydrogen-bond donors (Lipinski definition) is 1. The van der Waals surface area contributed by atoms with Crippen LogP contribution in [0.25, 0.3) is 0 Å². The van der Waals surface area contributed by atoms with Crippen molar-refractivity contribution in [1.29, 1.82) is 0 Å². The summed E-state index contributed by atoms with van der Waals surface area (Å²) in [6.07, 6.45) is 6.45. The molecule has 3 aliphatic rings. The molecule has 0 radical (unpaired) electrons. The lowest BCUT2D eigenvalue weighted by atomic mass is 10.0. The molecule has 2 unspecified atom stereocenters. The average molecular weight is 323 g/mol. The molecule has 5 nitrogen and oxygen atoms in total. The van der Waals surface area contributed by atoms with Crippen molar-refractivity contribution in [2.75, 3.05) is 39.3 Å². The first-order valence-corrected chi connectivity index (χ1v) is 9.51. The van der Waals surface area contributed by atoms with E-state index < -0.39 is 0 Å². The molecule has 1 aliphatic carbocycles. The molecule has 0 spiro atoms. The number of amides is 2. The van der Waals surface area contributed by atoms with Crippen molar-refractivity contribution in [1.82, 2.24) is 15.1 Å². The molecule has 3 fully saturated rings. The molecular weight excluding hydrogens is 290 g/mol. The summed E-state index contributed by atoms with van der Waals surface area (Å²) in [5, 5.41) is 3.27. The minimum atomic E-state index is 0.181. The van der Waals surface area contributed by atoms with Crippen LogP contribution in [0.5, 0.6) is 0 Å². The molecule has 2 heterocycles. The number of likely N-dealkylation sites (tertiary alicyclic amines) is 2. The fraction of sp³-hybridized carbons (Fsp3) is 0.944. The fourth-order valence-corrected chi connectivity index (χ4v) is 4.39. The summed E-state index contributed by atoms with van der Waals surface area (Å²) in [6, 6.07) is 0.534. The molecule has 1 saturated carbocycles. The monoisotopic (exact) mass is 323 g/mol. The Morgan fingerprint density at radius 2 is 1.78 bits per heavy atom. The number of urea groups is 1. The highest BCUT2D eigenvalue weighted by Crippen LogP contribution is 2.37. The van der Waals surface area contributed by atoms with Crippen LogP contribution in [-0.2, 0) is 4.74 Å². The van der Waals surface area contributed by atoms with Crippen molar-refractivity contribution >= 4 is 6.03 Å². The molecule has 0 aromatic carbocycles. The summed E-state index contributed by atoms with van der Waals surface area (Å²) >= 11 is 0. The number of ether oxygens (including phenoxy) is 1. The summed E-state index contributed by atoms with van der Waals surface area (Å²) in [4.78, 5) is 17.0. The van der Waals surface area contributed by atoms with E-state index in [-0.39, 0.29) is 6.03 Å². The van der Waals surface area contributed by atoms with Crippen molar-refractivity contribution in [3.8, 4) is 0 Å². The first kappa shape index (κ1) is 17.0. The Bertz CT molecular complexity index is 382. The van der Waals surface area contributed by atoms with Gasteiger partial charge in [0.05, 0.1) is 12.7 Å². The van der Waals surface area contributed by atoms with Gasteiger partial charge in [0.15, 0.2) is 0 Å². The fourth-order valence-electron chi connectivity index (χ4n) is 4.39. The summed E-state index contributed by atoms with van der Waals surface area (Å²) in [5.41, 5.74) is 0. The van der Waals surface area contributed by atoms with E-state index in [1.54, 1.807) is 0 Å². The lowest BCUT2D eigenvalue weighted by Crippen LogP contribution is -2.49. The molecule has 2 atom stereocenters. The lowest BCUT2D eigenvalue weighted by molar-refractivity contribution is 0.0527. The molecule has 0 bridgehead atoms. The van der Waals surface area contributed by atoms with E-state index in [0.717, 1.165) is 64.0 Å². The second-order valence-corrected chi connectivity index (χ2v) is 7.84. The zero-order chi connectivity index (χ0) is 16.2. The van der Waals surface area contributed by atoms with E-state index in [1.165, 1.54) is 19.3 Å². The number of nitrogens with one attached hydrogen (secondary N) is 1. The van der Waals surface area contributed by atoms with Gasteiger partial charge in [0.1, 0.15) is 0 Å². The van der Waals surface area contributed by atoms with E-state index in [1.807, 2.05) is 0 Å². The van der Waals surface area contributed by atoms with Crippen molar-refractivity contribution < 1.29 is 9.53 Å². The van der Waals surface area contributed by atoms with E-state index in [9.17, 15) is 4.79 Å². The molecule has 23 heavy (non-hydrogen) atoms. The summed E-state index contributed by atoms with van der Waals surface area (Å²) in [7, 11) is 0. The van der Waals surface area contributed by atoms with Gasteiger partial charge in [-0.05, 0) is 51.4 Å². The number of fused-ring (bicyclic) bond motifs is 1. The first-order valence-electron chi connectivity index (χ1n) is 9.51. The normalized spacial score (nSPS) is 29.3. The van der Waals surface area contributed by atoms with Crippen molar-refractivity contribution in [2.45, 2.75) is 58.1 Å². The molecule has 5 heteroatoms. The molecule has 1 N–H and O–H groups in total. The Morgan fingerprint density at radius 3 is 2.39 bits per heavy atom. The number of nitrogens with zero attached hydrogens (tertiary/aromatic N) is 2. The third kappa shape index (κ3) is 4.60. The van der Waals surface area contributed by atoms with Crippen LogP contribution in [0.15, 0.2) is 0 Å². The van der Waals surface area contributed by atoms with Gasteiger partial charge in [-0.2, -0.15) is 0 Å². The van der Waals surface area contributed by atoms with Crippen LogP contribution in [0.4, 0.5) is 4.79 Å². The largest absolute Gasteiger partial charge is 0.377 e. The lowest BCUT2D eigenvalue weighted by Gasteiger charge is -2.33. The van der Waals surface area contributed by atoms with E-state index >= 15 is 0 Å². The predicted molar refractivity (Wildman–Crippen MR) is 91.5 cm³/mol. The zero-order valence-electron chi connectivity index (χ0n) is 14.8. The predicted octanol–water partition coefficient (Wildman–Crippen LogP) is 2.32. The Labute approximate surface area is 140 Å². The van der Waals surface area contributed by atoms with Gasteiger partial charge in [-0.15, -0.1) is 0 Å². The minimum absolute atomic E-state index is 0.181. The number of carbonyl (C=O) groups is 1. The highest BCUT2D eigenvalue weighted by atomic mass is 16.5. The number of rotatable bonds is 5. The van der Waals surface area contributed by atoms with Gasteiger partial charge in [0, 0.05) is 38.8 Å². The third-order valence-electron chi connectivity index (χ3n) is 5.79. The van der Waals surface area contributed by atoms with Crippen LogP contribution in [0.2, 0.25) is 0 Å². The quantitative estimate of drug-likeness (QED) is 0.844. The smallest absolute Gasteiger partial charge is 0.317 e. The SMILES string of the molecule is CC(C)OCCN1CCC(NC(=O)N2CC3CCCC3C2)CC1. The third-order valence-corrected chi connectivity index (χ3v) is 5.79. The highest BCUT2D eigenvalue weighted by Gasteiger charge is 2.38. The standard InChI is InChI=1S/C18H33N3O2/c1-14(2)23-11-10-20-8-6-17(7-9-20)19-18(22)21-12-15-4-3-5-16(15)13-21/h14-17H,3-13H2,1-2H3,(H,19,22). The molecular formula is C18H33N3O2. The number of carbonyl (C=O) groups excluding carboxylic acids is 1.